The van der Waals surface area contributed by atoms with E-state index in [2.05, 4.69) is 20.4 Å². The van der Waals surface area contributed by atoms with Crippen LogP contribution in [-0.2, 0) is 6.18 Å². The van der Waals surface area contributed by atoms with Gasteiger partial charge in [0.2, 0.25) is 0 Å². The zero-order chi connectivity index (χ0) is 16.6. The normalized spacial score (nSPS) is 11.4. The maximum absolute atomic E-state index is 13.1. The van der Waals surface area contributed by atoms with Crippen molar-refractivity contribution in [2.24, 2.45) is 0 Å². The summed E-state index contributed by atoms with van der Waals surface area (Å²) in [7, 11) is 0. The number of hydrogen-bond acceptors (Lipinski definition) is 4. The topological polar surface area (TPSA) is 55.1 Å². The molecular formula is C15H10F3N5. The van der Waals surface area contributed by atoms with Gasteiger partial charge in [-0.3, -0.25) is 0 Å². The molecule has 3 rings (SSSR count). The Bertz CT molecular complexity index is 921. The largest absolute Gasteiger partial charge is 0.417 e. The molecule has 0 aliphatic rings. The van der Waals surface area contributed by atoms with Gasteiger partial charge in [-0.1, -0.05) is 5.92 Å². The van der Waals surface area contributed by atoms with Crippen molar-refractivity contribution in [1.82, 2.24) is 19.6 Å². The van der Waals surface area contributed by atoms with Crippen molar-refractivity contribution < 1.29 is 13.2 Å². The van der Waals surface area contributed by atoms with Crippen LogP contribution in [0.4, 0.5) is 24.7 Å². The molecule has 0 aliphatic carbocycles. The van der Waals surface area contributed by atoms with Crippen molar-refractivity contribution in [3.63, 3.8) is 0 Å². The minimum Gasteiger partial charge on any atom is -0.340 e. The van der Waals surface area contributed by atoms with E-state index in [9.17, 15) is 13.2 Å². The standard InChI is InChI=1S/C15H10F3N5/c1-3-10-4-5-11(7-12(10)15(16,17)18)22-13-6-9(2)21-14-19-8-20-23(13)14/h1,4-8,22H,2H3. The molecule has 0 unspecified atom stereocenters. The van der Waals surface area contributed by atoms with Gasteiger partial charge in [-0.15, -0.1) is 6.42 Å². The molecule has 0 bridgehead atoms. The molecule has 0 aliphatic heterocycles. The predicted octanol–water partition coefficient (Wildman–Crippen LogP) is 3.18. The molecule has 0 fully saturated rings. The Morgan fingerprint density at radius 3 is 2.74 bits per heavy atom. The fourth-order valence-electron chi connectivity index (χ4n) is 2.15. The van der Waals surface area contributed by atoms with Crippen molar-refractivity contribution in [3.8, 4) is 12.3 Å². The van der Waals surface area contributed by atoms with Gasteiger partial charge in [0.1, 0.15) is 12.1 Å². The minimum atomic E-state index is -4.53. The summed E-state index contributed by atoms with van der Waals surface area (Å²) in [5, 5.41) is 6.88. The molecule has 1 N–H and O–H groups in total. The number of aromatic nitrogens is 4. The number of aryl methyl sites for hydroxylation is 1. The monoisotopic (exact) mass is 317 g/mol. The van der Waals surface area contributed by atoms with E-state index in [1.54, 1.807) is 13.0 Å². The first kappa shape index (κ1) is 14.8. The van der Waals surface area contributed by atoms with E-state index in [0.717, 1.165) is 6.07 Å². The summed E-state index contributed by atoms with van der Waals surface area (Å²) in [5.74, 6) is 2.84. The second-order valence-electron chi connectivity index (χ2n) is 4.78. The van der Waals surface area contributed by atoms with Gasteiger partial charge in [-0.25, -0.2) is 4.98 Å². The van der Waals surface area contributed by atoms with E-state index in [0.29, 0.717) is 17.3 Å². The van der Waals surface area contributed by atoms with Crippen LogP contribution in [0.5, 0.6) is 0 Å². The first-order chi connectivity index (χ1) is 10.9. The third-order valence-corrected chi connectivity index (χ3v) is 3.13. The van der Waals surface area contributed by atoms with Gasteiger partial charge in [-0.2, -0.15) is 27.8 Å². The van der Waals surface area contributed by atoms with E-state index in [1.807, 2.05) is 5.92 Å². The number of alkyl halides is 3. The van der Waals surface area contributed by atoms with Gasteiger partial charge >= 0.3 is 6.18 Å². The van der Waals surface area contributed by atoms with Crippen molar-refractivity contribution in [3.05, 3.63) is 47.4 Å². The highest BCUT2D eigenvalue weighted by molar-refractivity contribution is 5.62. The van der Waals surface area contributed by atoms with Crippen molar-refractivity contribution in [1.29, 1.82) is 0 Å². The maximum Gasteiger partial charge on any atom is 0.417 e. The van der Waals surface area contributed by atoms with E-state index in [-0.39, 0.29) is 11.3 Å². The van der Waals surface area contributed by atoms with Crippen LogP contribution in [0.15, 0.2) is 30.6 Å². The van der Waals surface area contributed by atoms with Gasteiger partial charge in [0.25, 0.3) is 5.78 Å². The molecule has 0 amide bonds. The van der Waals surface area contributed by atoms with Crippen LogP contribution < -0.4 is 5.32 Å². The van der Waals surface area contributed by atoms with Crippen LogP contribution in [0.25, 0.3) is 5.78 Å². The van der Waals surface area contributed by atoms with Crippen molar-refractivity contribution >= 4 is 17.3 Å². The zero-order valence-electron chi connectivity index (χ0n) is 11.9. The Balaban J connectivity index is 2.06. The number of terminal acetylenes is 1. The van der Waals surface area contributed by atoms with Crippen molar-refractivity contribution in [2.75, 3.05) is 5.32 Å². The highest BCUT2D eigenvalue weighted by Crippen LogP contribution is 2.34. The lowest BCUT2D eigenvalue weighted by Gasteiger charge is -2.13. The van der Waals surface area contributed by atoms with Crippen LogP contribution in [0.2, 0.25) is 0 Å². The molecule has 2 heterocycles. The third-order valence-electron chi connectivity index (χ3n) is 3.13. The van der Waals surface area contributed by atoms with Crippen molar-refractivity contribution in [2.45, 2.75) is 13.1 Å². The van der Waals surface area contributed by atoms with Crippen LogP contribution in [0.1, 0.15) is 16.8 Å². The molecule has 0 atom stereocenters. The van der Waals surface area contributed by atoms with E-state index >= 15 is 0 Å². The number of anilines is 2. The van der Waals surface area contributed by atoms with Gasteiger partial charge in [0.15, 0.2) is 0 Å². The summed E-state index contributed by atoms with van der Waals surface area (Å²) in [6.07, 6.45) is 1.91. The lowest BCUT2D eigenvalue weighted by atomic mass is 10.1. The molecule has 23 heavy (non-hydrogen) atoms. The van der Waals surface area contributed by atoms with Crippen LogP contribution >= 0.6 is 0 Å². The van der Waals surface area contributed by atoms with Crippen LogP contribution in [0.3, 0.4) is 0 Å². The number of nitrogens with zero attached hydrogens (tertiary/aromatic N) is 4. The summed E-state index contributed by atoms with van der Waals surface area (Å²) in [4.78, 5) is 8.13. The number of rotatable bonds is 2. The molecular weight excluding hydrogens is 307 g/mol. The third kappa shape index (κ3) is 2.81. The Kier molecular flexibility index (Phi) is 3.41. The lowest BCUT2D eigenvalue weighted by molar-refractivity contribution is -0.137. The zero-order valence-corrected chi connectivity index (χ0v) is 11.9. The molecule has 0 radical (unpaired) electrons. The molecule has 5 nitrogen and oxygen atoms in total. The number of benzene rings is 1. The van der Waals surface area contributed by atoms with Crippen LogP contribution in [-0.4, -0.2) is 19.6 Å². The Hall–Kier alpha value is -3.08. The minimum absolute atomic E-state index is 0.208. The van der Waals surface area contributed by atoms with E-state index in [4.69, 9.17) is 6.42 Å². The summed E-state index contributed by atoms with van der Waals surface area (Å²) >= 11 is 0. The number of hydrogen-bond donors (Lipinski definition) is 1. The summed E-state index contributed by atoms with van der Waals surface area (Å²) in [6, 6.07) is 5.35. The van der Waals surface area contributed by atoms with E-state index < -0.39 is 11.7 Å². The summed E-state index contributed by atoms with van der Waals surface area (Å²) < 4.78 is 40.6. The smallest absolute Gasteiger partial charge is 0.340 e. The lowest BCUT2D eigenvalue weighted by Crippen LogP contribution is -2.09. The highest BCUT2D eigenvalue weighted by Gasteiger charge is 2.33. The van der Waals surface area contributed by atoms with Gasteiger partial charge in [0, 0.05) is 23.0 Å². The quantitative estimate of drug-likeness (QED) is 0.738. The Morgan fingerprint density at radius 1 is 1.26 bits per heavy atom. The molecule has 0 spiro atoms. The second kappa shape index (κ2) is 5.28. The summed E-state index contributed by atoms with van der Waals surface area (Å²) in [6.45, 7) is 1.75. The molecule has 8 heteroatoms. The molecule has 2 aromatic heterocycles. The van der Waals surface area contributed by atoms with E-state index in [1.165, 1.54) is 23.0 Å². The number of halogens is 3. The fourth-order valence-corrected chi connectivity index (χ4v) is 2.15. The summed E-state index contributed by atoms with van der Waals surface area (Å²) in [5.41, 5.74) is -0.187. The molecule has 116 valence electrons. The predicted molar refractivity (Wildman–Crippen MR) is 78.2 cm³/mol. The second-order valence-corrected chi connectivity index (χ2v) is 4.78. The Labute approximate surface area is 129 Å². The molecule has 0 saturated heterocycles. The average molecular weight is 317 g/mol. The fraction of sp³-hybridized carbons (Fsp3) is 0.133. The maximum atomic E-state index is 13.1. The van der Waals surface area contributed by atoms with Crippen LogP contribution in [0, 0.1) is 19.3 Å². The number of fused-ring (bicyclic) bond motifs is 1. The number of nitrogens with one attached hydrogen (secondary N) is 1. The average Bonchev–Trinajstić information content (AvgIpc) is 2.94. The van der Waals surface area contributed by atoms with Gasteiger partial charge in [0.05, 0.1) is 5.56 Å². The highest BCUT2D eigenvalue weighted by atomic mass is 19.4. The Morgan fingerprint density at radius 2 is 2.04 bits per heavy atom. The molecule has 3 aromatic rings. The molecule has 1 aromatic carbocycles. The molecule has 0 saturated carbocycles. The van der Waals surface area contributed by atoms with Gasteiger partial charge in [-0.05, 0) is 25.1 Å². The van der Waals surface area contributed by atoms with Gasteiger partial charge < -0.3 is 5.32 Å². The SMILES string of the molecule is C#Cc1ccc(Nc2cc(C)nc3ncnn23)cc1C(F)(F)F. The first-order valence-electron chi connectivity index (χ1n) is 6.51. The first-order valence-corrected chi connectivity index (χ1v) is 6.51.